The molecule has 6 heteroatoms. The number of aromatic nitrogens is 3. The SMILES string of the molecule is [2H]C([2H])([2H])c1c[c-]c(-c2cc(C([2H])([2H])C(C)C)c([Si](C)(C)C)cn2)cc1.[Ir].[c-]1ccc2c(sc3cc(-c4ccccc4)ccc32)c1-c1nc2ccccc2n1-c1ccccc1-c1ccccc1. The molecule has 0 fully saturated rings. The molecule has 0 N–H and O–H groups in total. The zero-order valence-corrected chi connectivity index (χ0v) is 39.5. The van der Waals surface area contributed by atoms with Crippen molar-refractivity contribution in [2.45, 2.75) is 46.7 Å². The Bertz CT molecular complexity index is 3340. The molecule has 0 aliphatic heterocycles. The second-order valence-electron chi connectivity index (χ2n) is 16.6. The van der Waals surface area contributed by atoms with Gasteiger partial charge < -0.3 is 9.55 Å². The Morgan fingerprint density at radius 2 is 1.47 bits per heavy atom. The molecule has 0 saturated carbocycles. The maximum Gasteiger partial charge on any atom is 0.0798 e. The monoisotopic (exact) mass is 1020 g/mol. The molecule has 10 rings (SSSR count). The molecule has 3 nitrogen and oxygen atoms in total. The zero-order chi connectivity index (χ0) is 46.4. The van der Waals surface area contributed by atoms with Crippen LogP contribution in [0.2, 0.25) is 19.6 Å². The number of aryl methyl sites for hydroxylation is 1. The quantitative estimate of drug-likeness (QED) is 0.112. The molecule has 3 heterocycles. The molecule has 0 amide bonds. The van der Waals surface area contributed by atoms with Crippen LogP contribution in [0.5, 0.6) is 0 Å². The molecular weight excluding hydrogens is 967 g/mol. The normalized spacial score (nSPS) is 13.1. The Balaban J connectivity index is 0.000000197. The minimum atomic E-state index is -2.16. The number of pyridine rings is 1. The molecule has 3 aromatic heterocycles. The van der Waals surface area contributed by atoms with E-state index in [0.29, 0.717) is 16.8 Å². The van der Waals surface area contributed by atoms with Crippen molar-refractivity contribution in [1.82, 2.24) is 14.5 Å². The first-order valence-electron chi connectivity index (χ1n) is 23.2. The van der Waals surface area contributed by atoms with Gasteiger partial charge in [0.15, 0.2) is 0 Å². The smallest absolute Gasteiger partial charge is 0.0798 e. The Kier molecular flexibility index (Phi) is 10.9. The first kappa shape index (κ1) is 36.9. The molecule has 10 aromatic rings. The third-order valence-corrected chi connectivity index (χ3v) is 14.0. The van der Waals surface area contributed by atoms with E-state index in [4.69, 9.17) is 11.8 Å². The van der Waals surface area contributed by atoms with Gasteiger partial charge in [-0.15, -0.1) is 53.6 Å². The Hall–Kier alpha value is -5.75. The largest absolute Gasteiger partial charge is 0.333 e. The maximum absolute atomic E-state index is 8.59. The molecule has 0 atom stereocenters. The van der Waals surface area contributed by atoms with Crippen LogP contribution >= 0.6 is 11.3 Å². The molecule has 0 aliphatic rings. The van der Waals surface area contributed by atoms with Crippen LogP contribution in [0.3, 0.4) is 0 Å². The fraction of sp³-hybridized carbons (Fsp3) is 0.143. The van der Waals surface area contributed by atoms with Crippen LogP contribution in [0.1, 0.15) is 31.8 Å². The van der Waals surface area contributed by atoms with Crippen LogP contribution in [0, 0.1) is 24.9 Å². The molecule has 1 radical (unpaired) electrons. The summed E-state index contributed by atoms with van der Waals surface area (Å²) in [5.74, 6) is 0.736. The number of nitrogens with zero attached hydrogens (tertiary/aromatic N) is 3. The predicted octanol–water partition coefficient (Wildman–Crippen LogP) is 14.8. The van der Waals surface area contributed by atoms with Crippen LogP contribution in [0.25, 0.3) is 81.8 Å². The van der Waals surface area contributed by atoms with Crippen molar-refractivity contribution in [2.75, 3.05) is 0 Å². The van der Waals surface area contributed by atoms with Crippen molar-refractivity contribution in [2.24, 2.45) is 5.92 Å². The number of thiophene rings is 1. The minimum absolute atomic E-state index is 0. The Morgan fingerprint density at radius 1 is 0.742 bits per heavy atom. The number of para-hydroxylation sites is 3. The summed E-state index contributed by atoms with van der Waals surface area (Å²) in [6.07, 6.45) is 0.328. The third-order valence-electron chi connectivity index (χ3n) is 10.8. The van der Waals surface area contributed by atoms with Crippen molar-refractivity contribution in [3.05, 3.63) is 193 Å². The molecule has 0 aliphatic carbocycles. The van der Waals surface area contributed by atoms with E-state index in [-0.39, 0.29) is 31.6 Å². The summed E-state index contributed by atoms with van der Waals surface area (Å²) in [6, 6.07) is 62.3. The van der Waals surface area contributed by atoms with Gasteiger partial charge >= 0.3 is 0 Å². The van der Waals surface area contributed by atoms with Crippen LogP contribution in [-0.4, -0.2) is 22.6 Å². The number of fused-ring (bicyclic) bond motifs is 4. The van der Waals surface area contributed by atoms with Gasteiger partial charge in [0.2, 0.25) is 0 Å². The van der Waals surface area contributed by atoms with Crippen molar-refractivity contribution in [3.8, 4) is 50.6 Å². The average Bonchev–Trinajstić information content (AvgIpc) is 3.90. The van der Waals surface area contributed by atoms with Gasteiger partial charge in [-0.25, -0.2) is 0 Å². The molecule has 0 spiro atoms. The summed E-state index contributed by atoms with van der Waals surface area (Å²) < 4.78 is 44.4. The van der Waals surface area contributed by atoms with E-state index in [1.165, 1.54) is 48.5 Å². The molecule has 0 unspecified atom stereocenters. The van der Waals surface area contributed by atoms with Crippen molar-refractivity contribution < 1.29 is 27.0 Å². The van der Waals surface area contributed by atoms with E-state index in [2.05, 4.69) is 175 Å². The summed E-state index contributed by atoms with van der Waals surface area (Å²) in [6.45, 7) is 8.14. The number of hydrogen-bond donors (Lipinski definition) is 0. The standard InChI is InChI=1S/C37H23N2S.C19H26NSi.Ir/c1-3-12-25(13-4-1)27-22-23-29-30-17-11-18-31(36(30)40-35(29)24-27)37-38-32-19-8-10-21-34(32)39(37)33-20-9-7-16-28(33)26-14-5-2-6-15-26;1-14(2)11-17-12-18(16-9-7-15(3)8-10-16)20-13-19(17)21(4,5)6;/h1-17,19-24H;7-9,12-14H,11H2,1-6H3;/q2*-1;/i;3D3,11D2;. The number of benzene rings is 7. The average molecular weight is 1020 g/mol. The van der Waals surface area contributed by atoms with Gasteiger partial charge in [-0.05, 0) is 74.2 Å². The van der Waals surface area contributed by atoms with E-state index >= 15 is 0 Å². The summed E-state index contributed by atoms with van der Waals surface area (Å²) in [7, 11) is -1.78. The third kappa shape index (κ3) is 8.79. The molecular formula is C56H49IrN3SSi-2. The molecule has 7 aromatic carbocycles. The van der Waals surface area contributed by atoms with Crippen LogP contribution in [0.4, 0.5) is 0 Å². The topological polar surface area (TPSA) is 30.7 Å². The maximum atomic E-state index is 8.59. The van der Waals surface area contributed by atoms with Gasteiger partial charge in [0.05, 0.1) is 24.9 Å². The summed E-state index contributed by atoms with van der Waals surface area (Å²) in [5.41, 5.74) is 11.2. The van der Waals surface area contributed by atoms with Gasteiger partial charge in [0.25, 0.3) is 0 Å². The summed E-state index contributed by atoms with van der Waals surface area (Å²) in [4.78, 5) is 9.75. The number of imidazole rings is 1. The van der Waals surface area contributed by atoms with E-state index in [1.807, 2.05) is 37.3 Å². The second kappa shape index (κ2) is 18.3. The van der Waals surface area contributed by atoms with Crippen molar-refractivity contribution in [1.29, 1.82) is 0 Å². The minimum Gasteiger partial charge on any atom is -0.333 e. The van der Waals surface area contributed by atoms with Crippen molar-refractivity contribution >= 4 is 55.8 Å². The van der Waals surface area contributed by atoms with Crippen molar-refractivity contribution in [3.63, 3.8) is 0 Å². The Labute approximate surface area is 391 Å². The van der Waals surface area contributed by atoms with Gasteiger partial charge in [-0.2, -0.15) is 11.3 Å². The van der Waals surface area contributed by atoms with Crippen LogP contribution in [0.15, 0.2) is 170 Å². The molecule has 0 saturated heterocycles. The fourth-order valence-electron chi connectivity index (χ4n) is 7.90. The van der Waals surface area contributed by atoms with Crippen LogP contribution < -0.4 is 5.19 Å². The molecule has 0 bridgehead atoms. The van der Waals surface area contributed by atoms with Gasteiger partial charge in [0.1, 0.15) is 0 Å². The predicted molar refractivity (Wildman–Crippen MR) is 264 cm³/mol. The van der Waals surface area contributed by atoms with Gasteiger partial charge in [-0.3, -0.25) is 4.98 Å². The summed E-state index contributed by atoms with van der Waals surface area (Å²) in [5, 5.41) is 3.52. The number of rotatable bonds is 8. The number of hydrogen-bond acceptors (Lipinski definition) is 3. The van der Waals surface area contributed by atoms with E-state index < -0.39 is 21.3 Å². The Morgan fingerprint density at radius 3 is 2.19 bits per heavy atom. The second-order valence-corrected chi connectivity index (χ2v) is 22.7. The summed E-state index contributed by atoms with van der Waals surface area (Å²) >= 11 is 1.82. The molecule has 62 heavy (non-hydrogen) atoms. The first-order valence-corrected chi connectivity index (χ1v) is 25.0. The van der Waals surface area contributed by atoms with E-state index in [0.717, 1.165) is 33.3 Å². The first-order chi connectivity index (χ1) is 31.6. The van der Waals surface area contributed by atoms with E-state index in [1.54, 1.807) is 18.3 Å². The van der Waals surface area contributed by atoms with E-state index in [9.17, 15) is 0 Å². The fourth-order valence-corrected chi connectivity index (χ4v) is 10.5. The molecule has 309 valence electrons. The van der Waals surface area contributed by atoms with Gasteiger partial charge in [-0.1, -0.05) is 166 Å². The zero-order valence-electron chi connectivity index (χ0n) is 40.3. The van der Waals surface area contributed by atoms with Crippen LogP contribution in [-0.2, 0) is 26.5 Å². The van der Waals surface area contributed by atoms with Gasteiger partial charge in [0, 0.05) is 49.1 Å².